The number of rotatable bonds is 2. The van der Waals surface area contributed by atoms with Gasteiger partial charge in [0.05, 0.1) is 11.4 Å². The van der Waals surface area contributed by atoms with Gasteiger partial charge in [-0.15, -0.1) is 0 Å². The van der Waals surface area contributed by atoms with Gasteiger partial charge in [0.1, 0.15) is 0 Å². The number of nitrogens with one attached hydrogen (secondary N) is 1. The van der Waals surface area contributed by atoms with Gasteiger partial charge in [-0.3, -0.25) is 9.78 Å². The van der Waals surface area contributed by atoms with Gasteiger partial charge >= 0.3 is 0 Å². The lowest BCUT2D eigenvalue weighted by Crippen LogP contribution is -2.12. The fourth-order valence-corrected chi connectivity index (χ4v) is 1.11. The zero-order valence-corrected chi connectivity index (χ0v) is 10.2. The second-order valence-electron chi connectivity index (χ2n) is 2.99. The summed E-state index contributed by atoms with van der Waals surface area (Å²) < 4.78 is 0. The maximum Gasteiger partial charge on any atom is 0.224 e. The van der Waals surface area contributed by atoms with Crippen molar-refractivity contribution in [2.75, 3.05) is 5.32 Å². The van der Waals surface area contributed by atoms with Crippen molar-refractivity contribution in [1.82, 2.24) is 4.98 Å². The van der Waals surface area contributed by atoms with E-state index in [-0.39, 0.29) is 5.91 Å². The first-order valence-electron chi connectivity index (χ1n) is 5.37. The van der Waals surface area contributed by atoms with E-state index in [9.17, 15) is 4.79 Å². The van der Waals surface area contributed by atoms with Crippen molar-refractivity contribution in [2.24, 2.45) is 0 Å². The number of aryl methyl sites for hydroxylation is 2. The van der Waals surface area contributed by atoms with E-state index in [2.05, 4.69) is 10.3 Å². The summed E-state index contributed by atoms with van der Waals surface area (Å²) in [6.45, 7) is 9.68. The van der Waals surface area contributed by atoms with Crippen molar-refractivity contribution < 1.29 is 4.79 Å². The molecule has 0 aliphatic rings. The van der Waals surface area contributed by atoms with E-state index in [0.29, 0.717) is 6.42 Å². The summed E-state index contributed by atoms with van der Waals surface area (Å²) in [7, 11) is 0. The third-order valence-electron chi connectivity index (χ3n) is 1.93. The van der Waals surface area contributed by atoms with Gasteiger partial charge in [0.2, 0.25) is 5.91 Å². The van der Waals surface area contributed by atoms with Crippen LogP contribution in [0.3, 0.4) is 0 Å². The summed E-state index contributed by atoms with van der Waals surface area (Å²) in [5, 5.41) is 2.83. The average molecular weight is 208 g/mol. The highest BCUT2D eigenvalue weighted by molar-refractivity contribution is 5.91. The number of hydrogen-bond acceptors (Lipinski definition) is 2. The van der Waals surface area contributed by atoms with Gasteiger partial charge in [0.15, 0.2) is 0 Å². The molecule has 0 saturated heterocycles. The van der Waals surface area contributed by atoms with Crippen molar-refractivity contribution >= 4 is 11.6 Å². The molecule has 0 aliphatic heterocycles. The summed E-state index contributed by atoms with van der Waals surface area (Å²) in [6.07, 6.45) is 2.24. The van der Waals surface area contributed by atoms with Gasteiger partial charge in [-0.1, -0.05) is 20.8 Å². The van der Waals surface area contributed by atoms with E-state index in [4.69, 9.17) is 0 Å². The van der Waals surface area contributed by atoms with Gasteiger partial charge in [-0.2, -0.15) is 0 Å². The molecule has 1 aromatic rings. The Bertz CT molecular complexity index is 301. The van der Waals surface area contributed by atoms with Crippen LogP contribution in [0.4, 0.5) is 5.69 Å². The first-order valence-corrected chi connectivity index (χ1v) is 5.37. The average Bonchev–Trinajstić information content (AvgIpc) is 2.26. The van der Waals surface area contributed by atoms with Crippen LogP contribution in [0.1, 0.15) is 38.4 Å². The van der Waals surface area contributed by atoms with Crippen molar-refractivity contribution in [3.8, 4) is 0 Å². The lowest BCUT2D eigenvalue weighted by atomic mass is 10.2. The maximum absolute atomic E-state index is 11.1. The molecular formula is C12H20N2O. The molecule has 0 aromatic carbocycles. The number of amides is 1. The molecular weight excluding hydrogens is 188 g/mol. The topological polar surface area (TPSA) is 42.0 Å². The number of anilines is 1. The Balaban J connectivity index is 0.000000921. The number of carbonyl (C=O) groups is 1. The minimum absolute atomic E-state index is 0.0270. The second kappa shape index (κ2) is 6.98. The van der Waals surface area contributed by atoms with Crippen LogP contribution in [0.5, 0.6) is 0 Å². The van der Waals surface area contributed by atoms with Gasteiger partial charge in [0, 0.05) is 12.6 Å². The van der Waals surface area contributed by atoms with Gasteiger partial charge in [0.25, 0.3) is 0 Å². The molecule has 3 nitrogen and oxygen atoms in total. The quantitative estimate of drug-likeness (QED) is 0.811. The van der Waals surface area contributed by atoms with Gasteiger partial charge < -0.3 is 5.32 Å². The van der Waals surface area contributed by atoms with Crippen LogP contribution in [0, 0.1) is 13.8 Å². The number of nitrogens with zero attached hydrogens (tertiary/aromatic N) is 1. The molecule has 0 radical (unpaired) electrons. The molecule has 0 unspecified atom stereocenters. The van der Waals surface area contributed by atoms with E-state index in [0.717, 1.165) is 16.9 Å². The lowest BCUT2D eigenvalue weighted by Gasteiger charge is -2.09. The van der Waals surface area contributed by atoms with Crippen LogP contribution in [0.15, 0.2) is 12.3 Å². The van der Waals surface area contributed by atoms with Crippen molar-refractivity contribution in [3.63, 3.8) is 0 Å². The highest BCUT2D eigenvalue weighted by Gasteiger charge is 2.05. The summed E-state index contributed by atoms with van der Waals surface area (Å²) in [5.41, 5.74) is 2.76. The van der Waals surface area contributed by atoms with Gasteiger partial charge in [-0.25, -0.2) is 0 Å². The molecule has 0 spiro atoms. The van der Waals surface area contributed by atoms with Crippen LogP contribution in [-0.4, -0.2) is 10.9 Å². The normalized spacial score (nSPS) is 8.87. The Morgan fingerprint density at radius 2 is 2.00 bits per heavy atom. The highest BCUT2D eigenvalue weighted by Crippen LogP contribution is 2.16. The van der Waals surface area contributed by atoms with E-state index in [1.165, 1.54) is 0 Å². The zero-order valence-electron chi connectivity index (χ0n) is 10.2. The Hall–Kier alpha value is -1.38. The van der Waals surface area contributed by atoms with Crippen molar-refractivity contribution in [3.05, 3.63) is 23.5 Å². The Morgan fingerprint density at radius 3 is 2.47 bits per heavy atom. The largest absolute Gasteiger partial charge is 0.324 e. The molecule has 0 bridgehead atoms. The van der Waals surface area contributed by atoms with E-state index in [1.807, 2.05) is 40.7 Å². The molecule has 1 aromatic heterocycles. The predicted octanol–water partition coefficient (Wildman–Crippen LogP) is 3.07. The first kappa shape index (κ1) is 13.6. The van der Waals surface area contributed by atoms with E-state index < -0.39 is 0 Å². The van der Waals surface area contributed by atoms with Gasteiger partial charge in [-0.05, 0) is 25.5 Å². The Labute approximate surface area is 91.9 Å². The molecule has 1 amide bonds. The molecule has 1 heterocycles. The predicted molar refractivity (Wildman–Crippen MR) is 64.0 cm³/mol. The number of carbonyl (C=O) groups excluding carboxylic acids is 1. The molecule has 1 N–H and O–H groups in total. The maximum atomic E-state index is 11.1. The molecule has 84 valence electrons. The molecule has 0 aliphatic carbocycles. The number of pyridine rings is 1. The van der Waals surface area contributed by atoms with Crippen LogP contribution in [0.25, 0.3) is 0 Å². The van der Waals surface area contributed by atoms with Crippen molar-refractivity contribution in [1.29, 1.82) is 0 Å². The van der Waals surface area contributed by atoms with E-state index in [1.54, 1.807) is 6.20 Å². The highest BCUT2D eigenvalue weighted by atomic mass is 16.1. The number of hydrogen-bond donors (Lipinski definition) is 1. The minimum Gasteiger partial charge on any atom is -0.324 e. The third-order valence-corrected chi connectivity index (χ3v) is 1.93. The SMILES string of the molecule is CC.CCC(=O)Nc1c(C)ccnc1C. The molecule has 15 heavy (non-hydrogen) atoms. The lowest BCUT2D eigenvalue weighted by molar-refractivity contribution is -0.115. The van der Waals surface area contributed by atoms with Crippen LogP contribution in [-0.2, 0) is 4.79 Å². The number of aromatic nitrogens is 1. The van der Waals surface area contributed by atoms with E-state index >= 15 is 0 Å². The molecule has 0 atom stereocenters. The van der Waals surface area contributed by atoms with Crippen molar-refractivity contribution in [2.45, 2.75) is 41.0 Å². The summed E-state index contributed by atoms with van der Waals surface area (Å²) >= 11 is 0. The van der Waals surface area contributed by atoms with Crippen LogP contribution in [0.2, 0.25) is 0 Å². The minimum atomic E-state index is 0.0270. The fraction of sp³-hybridized carbons (Fsp3) is 0.500. The fourth-order valence-electron chi connectivity index (χ4n) is 1.11. The van der Waals surface area contributed by atoms with Crippen LogP contribution < -0.4 is 5.32 Å². The molecule has 1 rings (SSSR count). The summed E-state index contributed by atoms with van der Waals surface area (Å²) in [5.74, 6) is 0.0270. The standard InChI is InChI=1S/C10H14N2O.C2H6/c1-4-9(13)12-10-7(2)5-6-11-8(10)3;1-2/h5-6H,4H2,1-3H3,(H,12,13);1-2H3. The Morgan fingerprint density at radius 1 is 1.40 bits per heavy atom. The van der Waals surface area contributed by atoms with Crippen LogP contribution >= 0.6 is 0 Å². The summed E-state index contributed by atoms with van der Waals surface area (Å²) in [4.78, 5) is 15.3. The third kappa shape index (κ3) is 4.11. The molecule has 0 saturated carbocycles. The summed E-state index contributed by atoms with van der Waals surface area (Å²) in [6, 6.07) is 1.89. The zero-order chi connectivity index (χ0) is 11.8. The monoisotopic (exact) mass is 208 g/mol. The second-order valence-corrected chi connectivity index (χ2v) is 2.99. The first-order chi connectivity index (χ1) is 7.15. The smallest absolute Gasteiger partial charge is 0.224 e. The Kier molecular flexibility index (Phi) is 6.34. The molecule has 0 fully saturated rings. The molecule has 3 heteroatoms.